The van der Waals surface area contributed by atoms with E-state index < -0.39 is 39.8 Å². The summed E-state index contributed by atoms with van der Waals surface area (Å²) in [6.45, 7) is 16.5. The highest BCUT2D eigenvalue weighted by Crippen LogP contribution is 2.36. The minimum atomic E-state index is -1.55. The van der Waals surface area contributed by atoms with Crippen LogP contribution in [0.4, 0.5) is 0 Å². The fraction of sp³-hybridized carbons (Fsp3) is 0.739. The van der Waals surface area contributed by atoms with Crippen LogP contribution in [0.15, 0.2) is 11.1 Å². The fourth-order valence-corrected chi connectivity index (χ4v) is 2.97. The van der Waals surface area contributed by atoms with Crippen molar-refractivity contribution in [2.75, 3.05) is 20.6 Å². The molecule has 0 aromatic carbocycles. The molecule has 0 radical (unpaired) electrons. The van der Waals surface area contributed by atoms with E-state index in [4.69, 9.17) is 9.47 Å². The van der Waals surface area contributed by atoms with Crippen LogP contribution in [0.25, 0.3) is 0 Å². The summed E-state index contributed by atoms with van der Waals surface area (Å²) in [7, 11) is 4.80. The first-order chi connectivity index (χ1) is 14.2. The van der Waals surface area contributed by atoms with E-state index in [0.29, 0.717) is 17.6 Å². The summed E-state index contributed by atoms with van der Waals surface area (Å²) in [5.41, 5.74) is -3.35. The topological polar surface area (TPSA) is 102 Å². The van der Waals surface area contributed by atoms with Gasteiger partial charge in [-0.25, -0.2) is 0 Å². The number of hydrogen-bond donors (Lipinski definition) is 1. The number of carbonyl (C=O) groups is 4. The van der Waals surface area contributed by atoms with Crippen molar-refractivity contribution >= 4 is 31.6 Å². The Hall–Kier alpha value is -2.32. The van der Waals surface area contributed by atoms with E-state index in [-0.39, 0.29) is 5.91 Å². The van der Waals surface area contributed by atoms with E-state index in [1.54, 1.807) is 62.4 Å². The average Bonchev–Trinajstić information content (AvgIpc) is 2.69. The monoisotopic (exact) mass is 452 g/mol. The minimum Gasteiger partial charge on any atom is -0.468 e. The summed E-state index contributed by atoms with van der Waals surface area (Å²) in [6, 6.07) is 0. The molecular weight excluding hydrogens is 411 g/mol. The second-order valence-corrected chi connectivity index (χ2v) is 10.3. The standard InChI is InChI=1S/C23H41BN2O6/c1-14(20(3,4)18(29)31-12)15(2)23(9,10)32-19(30)21(5,6)16(27)25-22(7,8)17(28)26(11)13-24/h13,24H2,1-12H3,(H,25,27)/b15-14-. The zero-order chi connectivity index (χ0) is 25.9. The molecule has 0 rings (SSSR count). The third-order valence-electron chi connectivity index (χ3n) is 6.31. The number of nitrogens with zero attached hydrogens (tertiary/aromatic N) is 1. The number of likely N-dealkylation sites (N-methyl/N-ethyl adjacent to an activating group) is 1. The number of nitrogens with one attached hydrogen (secondary N) is 1. The number of hydrogen-bond acceptors (Lipinski definition) is 6. The average molecular weight is 452 g/mol. The second-order valence-electron chi connectivity index (χ2n) is 10.3. The van der Waals surface area contributed by atoms with E-state index in [1.807, 2.05) is 7.85 Å². The lowest BCUT2D eigenvalue weighted by atomic mass is 9.79. The Morgan fingerprint density at radius 3 is 1.72 bits per heavy atom. The normalized spacial score (nSPS) is 13.6. The van der Waals surface area contributed by atoms with Gasteiger partial charge in [0, 0.05) is 7.05 Å². The van der Waals surface area contributed by atoms with E-state index in [2.05, 4.69) is 5.32 Å². The highest BCUT2D eigenvalue weighted by Gasteiger charge is 2.45. The second kappa shape index (κ2) is 10.1. The summed E-state index contributed by atoms with van der Waals surface area (Å²) in [6.07, 6.45) is 0.491. The van der Waals surface area contributed by atoms with Gasteiger partial charge in [0.25, 0.3) is 0 Å². The number of methoxy groups -OCH3 is 1. The Bertz CT molecular complexity index is 796. The van der Waals surface area contributed by atoms with Crippen molar-refractivity contribution in [3.8, 4) is 0 Å². The molecule has 32 heavy (non-hydrogen) atoms. The number of amides is 2. The maximum Gasteiger partial charge on any atom is 0.321 e. The maximum atomic E-state index is 13.0. The first-order valence-corrected chi connectivity index (χ1v) is 10.8. The van der Waals surface area contributed by atoms with Crippen molar-refractivity contribution in [3.63, 3.8) is 0 Å². The lowest BCUT2D eigenvalue weighted by Crippen LogP contribution is -2.59. The maximum absolute atomic E-state index is 13.0. The minimum absolute atomic E-state index is 0.266. The number of esters is 2. The molecule has 0 aromatic rings. The van der Waals surface area contributed by atoms with Crippen molar-refractivity contribution < 1.29 is 28.7 Å². The summed E-state index contributed by atoms with van der Waals surface area (Å²) in [5, 5.41) is 2.67. The molecule has 0 bridgehead atoms. The predicted molar refractivity (Wildman–Crippen MR) is 127 cm³/mol. The summed E-state index contributed by atoms with van der Waals surface area (Å²) in [4.78, 5) is 52.2. The van der Waals surface area contributed by atoms with Gasteiger partial charge in [0.1, 0.15) is 24.4 Å². The lowest BCUT2D eigenvalue weighted by Gasteiger charge is -2.36. The van der Waals surface area contributed by atoms with Gasteiger partial charge in [-0.2, -0.15) is 0 Å². The van der Waals surface area contributed by atoms with Crippen LogP contribution in [0, 0.1) is 10.8 Å². The summed E-state index contributed by atoms with van der Waals surface area (Å²) >= 11 is 0. The SMILES string of the molecule is BCN(C)C(=O)C(C)(C)NC(=O)C(C)(C)C(=O)OC(C)(C)/C(C)=C(/C)C(C)(C)C(=O)OC. The molecule has 182 valence electrons. The van der Waals surface area contributed by atoms with Gasteiger partial charge in [0.05, 0.1) is 12.5 Å². The van der Waals surface area contributed by atoms with E-state index >= 15 is 0 Å². The van der Waals surface area contributed by atoms with Gasteiger partial charge >= 0.3 is 11.9 Å². The first-order valence-electron chi connectivity index (χ1n) is 10.8. The van der Waals surface area contributed by atoms with Crippen LogP contribution in [0.2, 0.25) is 0 Å². The molecule has 0 aromatic heterocycles. The summed E-state index contributed by atoms with van der Waals surface area (Å²) in [5.74, 6) is -2.03. The number of ether oxygens (including phenoxy) is 2. The Morgan fingerprint density at radius 2 is 1.31 bits per heavy atom. The molecule has 0 aliphatic carbocycles. The van der Waals surface area contributed by atoms with Crippen LogP contribution in [0.5, 0.6) is 0 Å². The molecule has 0 aliphatic rings. The molecule has 8 nitrogen and oxygen atoms in total. The van der Waals surface area contributed by atoms with E-state index in [9.17, 15) is 19.2 Å². The van der Waals surface area contributed by atoms with Crippen molar-refractivity contribution in [1.29, 1.82) is 0 Å². The largest absolute Gasteiger partial charge is 0.468 e. The smallest absolute Gasteiger partial charge is 0.321 e. The third-order valence-corrected chi connectivity index (χ3v) is 6.31. The predicted octanol–water partition coefficient (Wildman–Crippen LogP) is 1.81. The van der Waals surface area contributed by atoms with Gasteiger partial charge in [-0.1, -0.05) is 5.57 Å². The van der Waals surface area contributed by atoms with Crippen molar-refractivity contribution in [1.82, 2.24) is 10.2 Å². The van der Waals surface area contributed by atoms with Crippen LogP contribution in [0.1, 0.15) is 69.2 Å². The molecular formula is C23H41BN2O6. The molecule has 0 spiro atoms. The molecule has 1 N–H and O–H groups in total. The molecule has 2 amide bonds. The Balaban J connectivity index is 5.77. The van der Waals surface area contributed by atoms with Crippen molar-refractivity contribution in [3.05, 3.63) is 11.1 Å². The lowest BCUT2D eigenvalue weighted by molar-refractivity contribution is -0.168. The van der Waals surface area contributed by atoms with Gasteiger partial charge in [-0.3, -0.25) is 19.2 Å². The first kappa shape index (κ1) is 29.7. The highest BCUT2D eigenvalue weighted by atomic mass is 16.6. The van der Waals surface area contributed by atoms with Crippen LogP contribution in [-0.4, -0.2) is 68.2 Å². The van der Waals surface area contributed by atoms with Crippen molar-refractivity contribution in [2.45, 2.75) is 80.4 Å². The molecule has 0 saturated carbocycles. The molecule has 0 fully saturated rings. The Morgan fingerprint density at radius 1 is 0.844 bits per heavy atom. The van der Waals surface area contributed by atoms with Crippen LogP contribution >= 0.6 is 0 Å². The number of rotatable bonds is 9. The molecule has 0 atom stereocenters. The molecule has 0 heterocycles. The fourth-order valence-electron chi connectivity index (χ4n) is 2.97. The quantitative estimate of drug-likeness (QED) is 0.248. The van der Waals surface area contributed by atoms with Crippen LogP contribution in [-0.2, 0) is 28.7 Å². The number of carbonyl (C=O) groups excluding carboxylic acids is 4. The summed E-state index contributed by atoms with van der Waals surface area (Å²) < 4.78 is 10.6. The molecule has 0 aliphatic heterocycles. The van der Waals surface area contributed by atoms with Crippen molar-refractivity contribution in [2.24, 2.45) is 10.8 Å². The molecule has 9 heteroatoms. The molecule has 0 unspecified atom stereocenters. The van der Waals surface area contributed by atoms with Gasteiger partial charge < -0.3 is 19.7 Å². The van der Waals surface area contributed by atoms with Gasteiger partial charge in [-0.05, 0) is 81.3 Å². The van der Waals surface area contributed by atoms with E-state index in [0.717, 1.165) is 0 Å². The zero-order valence-electron chi connectivity index (χ0n) is 22.1. The highest BCUT2D eigenvalue weighted by molar-refractivity contribution is 6.10. The molecule has 0 saturated heterocycles. The Labute approximate surface area is 193 Å². The van der Waals surface area contributed by atoms with Gasteiger partial charge in [-0.15, -0.1) is 0 Å². The van der Waals surface area contributed by atoms with Crippen LogP contribution in [0.3, 0.4) is 0 Å². The zero-order valence-corrected chi connectivity index (χ0v) is 22.1. The Kier molecular flexibility index (Phi) is 9.36. The van der Waals surface area contributed by atoms with Gasteiger partial charge in [0.15, 0.2) is 0 Å². The van der Waals surface area contributed by atoms with Crippen LogP contribution < -0.4 is 5.32 Å². The van der Waals surface area contributed by atoms with Gasteiger partial charge in [0.2, 0.25) is 11.8 Å². The third kappa shape index (κ3) is 6.36. The van der Waals surface area contributed by atoms with E-state index in [1.165, 1.54) is 25.9 Å².